The fourth-order valence-electron chi connectivity index (χ4n) is 0.781. The first kappa shape index (κ1) is 9.22. The Morgan fingerprint density at radius 2 is 2.33 bits per heavy atom. The molecule has 0 unspecified atom stereocenters. The third kappa shape index (κ3) is 2.32. The normalized spacial score (nSPS) is 9.92. The van der Waals surface area contributed by atoms with Crippen LogP contribution in [0.2, 0.25) is 5.15 Å². The average molecular weight is 188 g/mol. The summed E-state index contributed by atoms with van der Waals surface area (Å²) in [5.74, 6) is 0.663. The minimum Gasteiger partial charge on any atom is -0.395 e. The average Bonchev–Trinajstić information content (AvgIpc) is 2.05. The molecule has 0 radical (unpaired) electrons. The Bertz CT molecular complexity index is 256. The predicted octanol–water partition coefficient (Wildman–Crippen LogP) is 0.558. The van der Waals surface area contributed by atoms with Crippen LogP contribution in [0.3, 0.4) is 0 Å². The number of hydrogen-bond donors (Lipinski definition) is 1. The van der Waals surface area contributed by atoms with Gasteiger partial charge in [-0.05, 0) is 0 Å². The van der Waals surface area contributed by atoms with E-state index < -0.39 is 0 Å². The van der Waals surface area contributed by atoms with E-state index in [0.717, 1.165) is 0 Å². The molecule has 66 valence electrons. The van der Waals surface area contributed by atoms with Crippen LogP contribution in [0.25, 0.3) is 0 Å². The van der Waals surface area contributed by atoms with Gasteiger partial charge in [0.1, 0.15) is 11.0 Å². The van der Waals surface area contributed by atoms with E-state index in [1.807, 2.05) is 7.05 Å². The van der Waals surface area contributed by atoms with Crippen molar-refractivity contribution in [3.05, 3.63) is 17.5 Å². The molecule has 0 aliphatic heterocycles. The third-order valence-electron chi connectivity index (χ3n) is 1.42. The minimum atomic E-state index is 0.0880. The first-order valence-electron chi connectivity index (χ1n) is 3.53. The highest BCUT2D eigenvalue weighted by Gasteiger charge is 2.01. The van der Waals surface area contributed by atoms with E-state index in [2.05, 4.69) is 9.97 Å². The summed E-state index contributed by atoms with van der Waals surface area (Å²) < 4.78 is 0. The van der Waals surface area contributed by atoms with Gasteiger partial charge in [0, 0.05) is 13.6 Å². The van der Waals surface area contributed by atoms with Gasteiger partial charge in [-0.3, -0.25) is 4.98 Å². The van der Waals surface area contributed by atoms with Crippen molar-refractivity contribution in [2.24, 2.45) is 0 Å². The number of aromatic nitrogens is 2. The number of aliphatic hydroxyl groups is 1. The molecule has 0 fully saturated rings. The highest BCUT2D eigenvalue weighted by atomic mass is 35.5. The molecule has 1 aromatic heterocycles. The van der Waals surface area contributed by atoms with Gasteiger partial charge in [-0.15, -0.1) is 0 Å². The van der Waals surface area contributed by atoms with Crippen LogP contribution in [0.4, 0.5) is 5.82 Å². The molecule has 0 aliphatic carbocycles. The lowest BCUT2D eigenvalue weighted by Gasteiger charge is -2.15. The van der Waals surface area contributed by atoms with Crippen LogP contribution in [-0.2, 0) is 0 Å². The van der Waals surface area contributed by atoms with E-state index in [4.69, 9.17) is 16.7 Å². The second-order valence-electron chi connectivity index (χ2n) is 2.35. The Kier molecular flexibility index (Phi) is 3.25. The molecule has 0 aromatic carbocycles. The molecule has 1 N–H and O–H groups in total. The van der Waals surface area contributed by atoms with Gasteiger partial charge in [0.05, 0.1) is 19.0 Å². The standard InChI is InChI=1S/C7H10ClN3O/c1-11(2-3-12)7-5-9-4-6(8)10-7/h4-5,12H,2-3H2,1H3. The topological polar surface area (TPSA) is 49.2 Å². The fraction of sp³-hybridized carbons (Fsp3) is 0.429. The maximum atomic E-state index is 8.64. The largest absolute Gasteiger partial charge is 0.395 e. The van der Waals surface area contributed by atoms with Crippen LogP contribution in [0.15, 0.2) is 12.4 Å². The van der Waals surface area contributed by atoms with Gasteiger partial charge >= 0.3 is 0 Å². The summed E-state index contributed by atoms with van der Waals surface area (Å²) >= 11 is 5.63. The fourth-order valence-corrected chi connectivity index (χ4v) is 0.924. The molecule has 0 atom stereocenters. The number of likely N-dealkylation sites (N-methyl/N-ethyl adjacent to an activating group) is 1. The van der Waals surface area contributed by atoms with Crippen LogP contribution in [0.5, 0.6) is 0 Å². The quantitative estimate of drug-likeness (QED) is 0.751. The summed E-state index contributed by atoms with van der Waals surface area (Å²) in [5, 5.41) is 9.00. The van der Waals surface area contributed by atoms with Gasteiger partial charge < -0.3 is 10.0 Å². The highest BCUT2D eigenvalue weighted by Crippen LogP contribution is 2.09. The van der Waals surface area contributed by atoms with Crippen LogP contribution in [0, 0.1) is 0 Å². The van der Waals surface area contributed by atoms with Crippen molar-refractivity contribution in [3.8, 4) is 0 Å². The maximum absolute atomic E-state index is 8.64. The smallest absolute Gasteiger partial charge is 0.149 e. The monoisotopic (exact) mass is 187 g/mol. The van der Waals surface area contributed by atoms with Gasteiger partial charge in [-0.2, -0.15) is 0 Å². The summed E-state index contributed by atoms with van der Waals surface area (Å²) in [7, 11) is 1.82. The van der Waals surface area contributed by atoms with Crippen LogP contribution in [0.1, 0.15) is 0 Å². The molecule has 4 nitrogen and oxygen atoms in total. The van der Waals surface area contributed by atoms with Crippen molar-refractivity contribution >= 4 is 17.4 Å². The van der Waals surface area contributed by atoms with Crippen LogP contribution in [-0.4, -0.2) is 35.3 Å². The number of rotatable bonds is 3. The second kappa shape index (κ2) is 4.23. The van der Waals surface area contributed by atoms with Crippen molar-refractivity contribution in [3.63, 3.8) is 0 Å². The van der Waals surface area contributed by atoms with E-state index in [1.165, 1.54) is 6.20 Å². The van der Waals surface area contributed by atoms with E-state index in [9.17, 15) is 0 Å². The van der Waals surface area contributed by atoms with Crippen molar-refractivity contribution in [2.45, 2.75) is 0 Å². The Balaban J connectivity index is 2.73. The molecule has 1 aromatic rings. The predicted molar refractivity (Wildman–Crippen MR) is 47.4 cm³/mol. The van der Waals surface area contributed by atoms with E-state index in [0.29, 0.717) is 17.5 Å². The first-order chi connectivity index (χ1) is 5.74. The number of aliphatic hydroxyl groups excluding tert-OH is 1. The first-order valence-corrected chi connectivity index (χ1v) is 3.91. The van der Waals surface area contributed by atoms with Crippen molar-refractivity contribution in [2.75, 3.05) is 25.1 Å². The number of hydrogen-bond acceptors (Lipinski definition) is 4. The molecule has 5 heteroatoms. The van der Waals surface area contributed by atoms with E-state index >= 15 is 0 Å². The van der Waals surface area contributed by atoms with Gasteiger partial charge in [-0.1, -0.05) is 11.6 Å². The Morgan fingerprint density at radius 1 is 1.58 bits per heavy atom. The van der Waals surface area contributed by atoms with Crippen molar-refractivity contribution in [1.29, 1.82) is 0 Å². The second-order valence-corrected chi connectivity index (χ2v) is 2.73. The highest BCUT2D eigenvalue weighted by molar-refractivity contribution is 6.29. The third-order valence-corrected chi connectivity index (χ3v) is 1.60. The lowest BCUT2D eigenvalue weighted by molar-refractivity contribution is 0.304. The molecule has 1 rings (SSSR count). The Hall–Kier alpha value is -0.870. The molecule has 0 saturated carbocycles. The number of nitrogens with zero attached hydrogens (tertiary/aromatic N) is 3. The lowest BCUT2D eigenvalue weighted by Crippen LogP contribution is -2.22. The minimum absolute atomic E-state index is 0.0880. The molecule has 1 heterocycles. The van der Waals surface area contributed by atoms with Crippen LogP contribution < -0.4 is 4.90 Å². The zero-order chi connectivity index (χ0) is 8.97. The van der Waals surface area contributed by atoms with Gasteiger partial charge in [-0.25, -0.2) is 4.98 Å². The molecule has 0 saturated heterocycles. The molecule has 0 amide bonds. The molecule has 12 heavy (non-hydrogen) atoms. The Labute approximate surface area is 75.8 Å². The van der Waals surface area contributed by atoms with E-state index in [-0.39, 0.29) is 6.61 Å². The summed E-state index contributed by atoms with van der Waals surface area (Å²) in [6, 6.07) is 0. The Morgan fingerprint density at radius 3 is 2.92 bits per heavy atom. The van der Waals surface area contributed by atoms with E-state index in [1.54, 1.807) is 11.1 Å². The van der Waals surface area contributed by atoms with Gasteiger partial charge in [0.2, 0.25) is 0 Å². The zero-order valence-electron chi connectivity index (χ0n) is 6.74. The molecular weight excluding hydrogens is 178 g/mol. The SMILES string of the molecule is CN(CCO)c1cncc(Cl)n1. The van der Waals surface area contributed by atoms with Crippen molar-refractivity contribution < 1.29 is 5.11 Å². The lowest BCUT2D eigenvalue weighted by atomic mass is 10.5. The summed E-state index contributed by atoms with van der Waals surface area (Å²) in [4.78, 5) is 9.66. The van der Waals surface area contributed by atoms with Gasteiger partial charge in [0.15, 0.2) is 0 Å². The summed E-state index contributed by atoms with van der Waals surface area (Å²) in [6.07, 6.45) is 3.07. The van der Waals surface area contributed by atoms with Gasteiger partial charge in [0.25, 0.3) is 0 Å². The molecule has 0 bridgehead atoms. The van der Waals surface area contributed by atoms with Crippen LogP contribution >= 0.6 is 11.6 Å². The number of anilines is 1. The maximum Gasteiger partial charge on any atom is 0.149 e. The zero-order valence-corrected chi connectivity index (χ0v) is 7.49. The molecule has 0 spiro atoms. The van der Waals surface area contributed by atoms with Crippen molar-refractivity contribution in [1.82, 2.24) is 9.97 Å². The number of halogens is 1. The molecule has 0 aliphatic rings. The summed E-state index contributed by atoms with van der Waals surface area (Å²) in [6.45, 7) is 0.611. The molecular formula is C7H10ClN3O. The summed E-state index contributed by atoms with van der Waals surface area (Å²) in [5.41, 5.74) is 0.